The lowest BCUT2D eigenvalue weighted by Crippen LogP contribution is -2.14. The Kier molecular flexibility index (Phi) is 7.95. The number of H-pyrrole nitrogens is 2. The van der Waals surface area contributed by atoms with E-state index >= 15 is 0 Å². The van der Waals surface area contributed by atoms with Crippen molar-refractivity contribution in [3.63, 3.8) is 0 Å². The number of carbonyl (C=O) groups is 1. The number of nitrogens with one attached hydrogen (secondary N) is 3. The summed E-state index contributed by atoms with van der Waals surface area (Å²) in [6.45, 7) is 1.89. The van der Waals surface area contributed by atoms with Gasteiger partial charge in [-0.25, -0.2) is 14.8 Å². The fourth-order valence-corrected chi connectivity index (χ4v) is 4.74. The number of nitrogens with two attached hydrogens (primary N) is 1. The number of carbonyl (C=O) groups excluding carboxylic acids is 1. The molecule has 2 heterocycles. The second kappa shape index (κ2) is 11.9. The highest BCUT2D eigenvalue weighted by Crippen LogP contribution is 2.32. The van der Waals surface area contributed by atoms with Crippen molar-refractivity contribution in [2.75, 3.05) is 20.3 Å². The molecular weight excluding hydrogens is 508 g/mol. The third-order valence-electron chi connectivity index (χ3n) is 6.72. The van der Waals surface area contributed by atoms with Gasteiger partial charge >= 0.3 is 5.97 Å². The molecule has 0 saturated carbocycles. The van der Waals surface area contributed by atoms with Crippen LogP contribution in [0.1, 0.15) is 48.5 Å². The summed E-state index contributed by atoms with van der Waals surface area (Å²) in [5.41, 5.74) is 10.9. The maximum atomic E-state index is 11.7. The summed E-state index contributed by atoms with van der Waals surface area (Å²) >= 11 is 0. The molecule has 0 aliphatic heterocycles. The van der Waals surface area contributed by atoms with Crippen LogP contribution >= 0.6 is 0 Å². The molecule has 0 radical (unpaired) electrons. The monoisotopic (exact) mass is 540 g/mol. The summed E-state index contributed by atoms with van der Waals surface area (Å²) in [5.74, 6) is 2.18. The SMILES string of the molecule is CCOC(=O)COc1ccc(CCCC(c2nc3ccccc3[nH]2)c2nc3cc(C(=N)N)ccc3[nH]2)cc1OC. The average molecular weight is 541 g/mol. The smallest absolute Gasteiger partial charge is 0.344 e. The van der Waals surface area contributed by atoms with Gasteiger partial charge in [-0.2, -0.15) is 0 Å². The summed E-state index contributed by atoms with van der Waals surface area (Å²) < 4.78 is 16.0. The number of para-hydroxylation sites is 2. The number of ether oxygens (including phenoxy) is 3. The molecule has 0 aliphatic carbocycles. The summed E-state index contributed by atoms with van der Waals surface area (Å²) in [5, 5.41) is 7.76. The standard InChI is InChI=1S/C30H32N6O4/c1-3-39-27(37)17-40-25-14-11-18(15-26(25)38-2)7-6-8-20(29-33-21-9-4-5-10-22(21)34-29)30-35-23-13-12-19(28(31)32)16-24(23)36-30/h4-5,9-16,20H,3,6-8,17H2,1-2H3,(H3,31,32)(H,33,34)(H,35,36). The zero-order valence-electron chi connectivity index (χ0n) is 22.5. The normalized spacial score (nSPS) is 11.9. The molecule has 0 fully saturated rings. The Balaban J connectivity index is 1.36. The fraction of sp³-hybridized carbons (Fsp3) is 0.267. The van der Waals surface area contributed by atoms with E-state index in [1.165, 1.54) is 0 Å². The van der Waals surface area contributed by atoms with Crippen molar-refractivity contribution in [3.05, 3.63) is 83.4 Å². The van der Waals surface area contributed by atoms with Crippen LogP contribution in [0.15, 0.2) is 60.7 Å². The second-order valence-electron chi connectivity index (χ2n) is 9.43. The van der Waals surface area contributed by atoms with E-state index in [1.807, 2.05) is 60.7 Å². The molecule has 40 heavy (non-hydrogen) atoms. The maximum absolute atomic E-state index is 11.7. The Morgan fingerprint density at radius 2 is 1.73 bits per heavy atom. The molecule has 5 N–H and O–H groups in total. The topological polar surface area (TPSA) is 152 Å². The third-order valence-corrected chi connectivity index (χ3v) is 6.72. The highest BCUT2D eigenvalue weighted by atomic mass is 16.6. The van der Waals surface area contributed by atoms with Gasteiger partial charge in [0, 0.05) is 5.56 Å². The van der Waals surface area contributed by atoms with Crippen molar-refractivity contribution < 1.29 is 19.0 Å². The van der Waals surface area contributed by atoms with Gasteiger partial charge in [0.15, 0.2) is 18.1 Å². The number of aromatic amines is 2. The van der Waals surface area contributed by atoms with Gasteiger partial charge in [0.05, 0.1) is 41.7 Å². The number of benzene rings is 3. The molecule has 0 bridgehead atoms. The number of hydrogen-bond acceptors (Lipinski definition) is 7. The van der Waals surface area contributed by atoms with E-state index in [0.717, 1.165) is 58.5 Å². The predicted octanol–water partition coefficient (Wildman–Crippen LogP) is 4.83. The van der Waals surface area contributed by atoms with Gasteiger partial charge in [0.1, 0.15) is 17.5 Å². The van der Waals surface area contributed by atoms with E-state index in [1.54, 1.807) is 14.0 Å². The Labute approximate surface area is 231 Å². The lowest BCUT2D eigenvalue weighted by Gasteiger charge is -2.14. The van der Waals surface area contributed by atoms with Crippen molar-refractivity contribution in [1.82, 2.24) is 19.9 Å². The van der Waals surface area contributed by atoms with E-state index in [0.29, 0.717) is 23.7 Å². The quantitative estimate of drug-likeness (QED) is 0.100. The van der Waals surface area contributed by atoms with E-state index in [2.05, 4.69) is 9.97 Å². The minimum atomic E-state index is -0.423. The third kappa shape index (κ3) is 5.90. The number of nitrogen functional groups attached to an aromatic ring is 1. The molecule has 2 aromatic heterocycles. The minimum absolute atomic E-state index is 0.00743. The zero-order chi connectivity index (χ0) is 28.1. The molecule has 5 rings (SSSR count). The predicted molar refractivity (Wildman–Crippen MR) is 153 cm³/mol. The Hall–Kier alpha value is -4.86. The average Bonchev–Trinajstić information content (AvgIpc) is 3.58. The number of aromatic nitrogens is 4. The van der Waals surface area contributed by atoms with Gasteiger partial charge in [-0.05, 0) is 74.2 Å². The highest BCUT2D eigenvalue weighted by Gasteiger charge is 2.22. The number of imidazole rings is 2. The number of esters is 1. The van der Waals surface area contributed by atoms with Crippen molar-refractivity contribution in [1.29, 1.82) is 5.41 Å². The first kappa shape index (κ1) is 26.7. The van der Waals surface area contributed by atoms with E-state index in [-0.39, 0.29) is 18.4 Å². The summed E-state index contributed by atoms with van der Waals surface area (Å²) in [7, 11) is 1.58. The molecule has 3 aromatic carbocycles. The lowest BCUT2D eigenvalue weighted by atomic mass is 9.98. The molecule has 1 atom stereocenters. The van der Waals surface area contributed by atoms with Crippen molar-refractivity contribution in [2.45, 2.75) is 32.1 Å². The Bertz CT molecular complexity index is 1620. The number of aryl methyl sites for hydroxylation is 1. The molecule has 1 unspecified atom stereocenters. The van der Waals surface area contributed by atoms with Crippen LogP contribution < -0.4 is 15.2 Å². The van der Waals surface area contributed by atoms with Gasteiger partial charge in [0.25, 0.3) is 0 Å². The largest absolute Gasteiger partial charge is 0.493 e. The lowest BCUT2D eigenvalue weighted by molar-refractivity contribution is -0.145. The molecule has 206 valence electrons. The van der Waals surface area contributed by atoms with Crippen molar-refractivity contribution in [2.24, 2.45) is 5.73 Å². The zero-order valence-corrected chi connectivity index (χ0v) is 22.5. The van der Waals surface area contributed by atoms with Gasteiger partial charge in [-0.1, -0.05) is 18.2 Å². The van der Waals surface area contributed by atoms with Crippen molar-refractivity contribution in [3.8, 4) is 11.5 Å². The van der Waals surface area contributed by atoms with E-state index in [4.69, 9.17) is 35.3 Å². The van der Waals surface area contributed by atoms with Crippen LogP contribution in [0, 0.1) is 5.41 Å². The first-order valence-electron chi connectivity index (χ1n) is 13.2. The van der Waals surface area contributed by atoms with Gasteiger partial charge < -0.3 is 29.9 Å². The highest BCUT2D eigenvalue weighted by molar-refractivity contribution is 5.98. The first-order valence-corrected chi connectivity index (χ1v) is 13.2. The van der Waals surface area contributed by atoms with Crippen LogP contribution in [0.5, 0.6) is 11.5 Å². The summed E-state index contributed by atoms with van der Waals surface area (Å²) in [6.07, 6.45) is 2.42. The molecule has 5 aromatic rings. The van der Waals surface area contributed by atoms with Gasteiger partial charge in [-0.3, -0.25) is 5.41 Å². The van der Waals surface area contributed by atoms with Gasteiger partial charge in [0.2, 0.25) is 0 Å². The number of hydrogen-bond donors (Lipinski definition) is 4. The molecule has 10 nitrogen and oxygen atoms in total. The van der Waals surface area contributed by atoms with Crippen LogP contribution in [0.3, 0.4) is 0 Å². The molecule has 0 amide bonds. The molecule has 0 spiro atoms. The first-order chi connectivity index (χ1) is 19.4. The molecule has 0 saturated heterocycles. The van der Waals surface area contributed by atoms with E-state index < -0.39 is 5.97 Å². The number of nitrogens with zero attached hydrogens (tertiary/aromatic N) is 2. The molecular formula is C30H32N6O4. The number of rotatable bonds is 12. The van der Waals surface area contributed by atoms with Crippen LogP contribution in [0.4, 0.5) is 0 Å². The second-order valence-corrected chi connectivity index (χ2v) is 9.43. The maximum Gasteiger partial charge on any atom is 0.344 e. The van der Waals surface area contributed by atoms with Gasteiger partial charge in [-0.15, -0.1) is 0 Å². The Morgan fingerprint density at radius 3 is 2.45 bits per heavy atom. The fourth-order valence-electron chi connectivity index (χ4n) is 4.74. The number of methoxy groups -OCH3 is 1. The van der Waals surface area contributed by atoms with Crippen LogP contribution in [-0.2, 0) is 16.0 Å². The number of fused-ring (bicyclic) bond motifs is 2. The van der Waals surface area contributed by atoms with Crippen LogP contribution in [0.25, 0.3) is 22.1 Å². The van der Waals surface area contributed by atoms with Crippen molar-refractivity contribution >= 4 is 33.9 Å². The van der Waals surface area contributed by atoms with Crippen LogP contribution in [0.2, 0.25) is 0 Å². The number of amidine groups is 1. The summed E-state index contributed by atoms with van der Waals surface area (Å²) in [6, 6.07) is 19.2. The van der Waals surface area contributed by atoms with E-state index in [9.17, 15) is 4.79 Å². The summed E-state index contributed by atoms with van der Waals surface area (Å²) in [4.78, 5) is 28.3. The molecule has 0 aliphatic rings. The minimum Gasteiger partial charge on any atom is -0.493 e. The molecule has 10 heteroatoms. The van der Waals surface area contributed by atoms with Crippen LogP contribution in [-0.4, -0.2) is 52.1 Å². The Morgan fingerprint density at radius 1 is 0.975 bits per heavy atom.